The molecule has 170 valence electrons. The van der Waals surface area contributed by atoms with Crippen molar-refractivity contribution in [3.05, 3.63) is 64.7 Å². The summed E-state index contributed by atoms with van der Waals surface area (Å²) in [6.07, 6.45) is 1.63. The summed E-state index contributed by atoms with van der Waals surface area (Å²) < 4.78 is 5.48. The molecule has 2 amide bonds. The number of amides is 2. The summed E-state index contributed by atoms with van der Waals surface area (Å²) in [6.45, 7) is 4.85. The number of benzene rings is 2. The van der Waals surface area contributed by atoms with Crippen LogP contribution in [0, 0.1) is 5.92 Å². The number of hydrogen-bond acceptors (Lipinski definition) is 4. The smallest absolute Gasteiger partial charge is 0.253 e. The number of carbonyl (C=O) groups is 2. The number of morpholine rings is 1. The zero-order valence-electron chi connectivity index (χ0n) is 18.5. The fourth-order valence-electron chi connectivity index (χ4n) is 4.54. The van der Waals surface area contributed by atoms with Gasteiger partial charge in [-0.2, -0.15) is 0 Å². The van der Waals surface area contributed by atoms with Gasteiger partial charge in [-0.25, -0.2) is 0 Å². The Labute approximate surface area is 194 Å². The summed E-state index contributed by atoms with van der Waals surface area (Å²) in [5.74, 6) is -0.129. The van der Waals surface area contributed by atoms with E-state index in [1.807, 2.05) is 19.2 Å². The summed E-state index contributed by atoms with van der Waals surface area (Å²) >= 11 is 5.94. The first kappa shape index (κ1) is 22.6. The maximum absolute atomic E-state index is 13.3. The van der Waals surface area contributed by atoms with Crippen molar-refractivity contribution in [3.8, 4) is 0 Å². The number of nitrogens with zero attached hydrogens (tertiary/aromatic N) is 3. The molecule has 0 saturated carbocycles. The molecule has 0 aliphatic carbocycles. The van der Waals surface area contributed by atoms with Gasteiger partial charge in [0.15, 0.2) is 0 Å². The van der Waals surface area contributed by atoms with E-state index >= 15 is 0 Å². The quantitative estimate of drug-likeness (QED) is 0.690. The van der Waals surface area contributed by atoms with Gasteiger partial charge >= 0.3 is 0 Å². The molecule has 1 atom stereocenters. The van der Waals surface area contributed by atoms with Crippen LogP contribution in [-0.4, -0.2) is 68.1 Å². The van der Waals surface area contributed by atoms with Gasteiger partial charge in [0.25, 0.3) is 5.91 Å². The number of ether oxygens (including phenoxy) is 1. The van der Waals surface area contributed by atoms with E-state index in [1.54, 1.807) is 34.1 Å². The molecule has 6 nitrogen and oxygen atoms in total. The highest BCUT2D eigenvalue weighted by Gasteiger charge is 2.31. The van der Waals surface area contributed by atoms with Crippen molar-refractivity contribution in [2.24, 2.45) is 5.92 Å². The number of para-hydroxylation sites is 1. The molecule has 2 fully saturated rings. The van der Waals surface area contributed by atoms with E-state index in [0.29, 0.717) is 30.2 Å². The molecule has 7 heteroatoms. The fourth-order valence-corrected chi connectivity index (χ4v) is 4.67. The Balaban J connectivity index is 1.41. The van der Waals surface area contributed by atoms with Crippen LogP contribution < -0.4 is 4.90 Å². The molecule has 0 aromatic heterocycles. The lowest BCUT2D eigenvalue weighted by Crippen LogP contribution is -2.45. The van der Waals surface area contributed by atoms with Gasteiger partial charge in [0.05, 0.1) is 19.1 Å². The third-order valence-corrected chi connectivity index (χ3v) is 6.53. The molecule has 0 bridgehead atoms. The number of likely N-dealkylation sites (tertiary alicyclic amines) is 1. The van der Waals surface area contributed by atoms with Crippen molar-refractivity contribution in [1.29, 1.82) is 0 Å². The highest BCUT2D eigenvalue weighted by atomic mass is 35.5. The van der Waals surface area contributed by atoms with E-state index in [2.05, 4.69) is 17.0 Å². The molecule has 4 rings (SSSR count). The minimum absolute atomic E-state index is 0.0421. The maximum Gasteiger partial charge on any atom is 0.253 e. The predicted octanol–water partition coefficient (Wildman–Crippen LogP) is 3.69. The predicted molar refractivity (Wildman–Crippen MR) is 126 cm³/mol. The largest absolute Gasteiger partial charge is 0.378 e. The summed E-state index contributed by atoms with van der Waals surface area (Å²) in [7, 11) is 1.86. The average Bonchev–Trinajstić information content (AvgIpc) is 2.84. The average molecular weight is 456 g/mol. The number of carbonyl (C=O) groups excluding carboxylic acids is 2. The Bertz CT molecular complexity index is 944. The van der Waals surface area contributed by atoms with Gasteiger partial charge in [-0.3, -0.25) is 9.59 Å². The van der Waals surface area contributed by atoms with Gasteiger partial charge in [-0.15, -0.1) is 0 Å². The van der Waals surface area contributed by atoms with E-state index in [9.17, 15) is 9.59 Å². The summed E-state index contributed by atoms with van der Waals surface area (Å²) in [4.78, 5) is 32.1. The SMILES string of the molecule is CN(Cc1ccccc1N1CCOCC1)C(=O)[C@H]1CCCN(C(=O)c2ccc(Cl)cc2)C1. The van der Waals surface area contributed by atoms with Crippen LogP contribution >= 0.6 is 11.6 Å². The third-order valence-electron chi connectivity index (χ3n) is 6.28. The molecule has 0 spiro atoms. The lowest BCUT2D eigenvalue weighted by atomic mass is 9.95. The molecule has 2 heterocycles. The first-order chi connectivity index (χ1) is 15.5. The van der Waals surface area contributed by atoms with Gasteiger partial charge in [-0.1, -0.05) is 29.8 Å². The molecule has 0 radical (unpaired) electrons. The Morgan fingerprint density at radius 3 is 2.53 bits per heavy atom. The number of rotatable bonds is 5. The van der Waals surface area contributed by atoms with E-state index in [1.165, 1.54) is 5.69 Å². The minimum atomic E-state index is -0.180. The zero-order chi connectivity index (χ0) is 22.5. The molecule has 2 aromatic carbocycles. The highest BCUT2D eigenvalue weighted by molar-refractivity contribution is 6.30. The Morgan fingerprint density at radius 2 is 1.78 bits per heavy atom. The van der Waals surface area contributed by atoms with Crippen LogP contribution in [0.5, 0.6) is 0 Å². The fraction of sp³-hybridized carbons (Fsp3) is 0.440. The molecule has 2 aromatic rings. The lowest BCUT2D eigenvalue weighted by molar-refractivity contribution is -0.136. The van der Waals surface area contributed by atoms with E-state index in [-0.39, 0.29) is 17.7 Å². The van der Waals surface area contributed by atoms with E-state index in [4.69, 9.17) is 16.3 Å². The van der Waals surface area contributed by atoms with E-state index < -0.39 is 0 Å². The third kappa shape index (κ3) is 5.25. The van der Waals surface area contributed by atoms with Crippen LogP contribution in [0.1, 0.15) is 28.8 Å². The van der Waals surface area contributed by atoms with Crippen molar-refractivity contribution in [2.75, 3.05) is 51.3 Å². The number of hydrogen-bond donors (Lipinski definition) is 0. The normalized spacial score (nSPS) is 19.0. The first-order valence-electron chi connectivity index (χ1n) is 11.2. The maximum atomic E-state index is 13.3. The molecular weight excluding hydrogens is 426 g/mol. The van der Waals surface area contributed by atoms with Crippen LogP contribution in [0.25, 0.3) is 0 Å². The van der Waals surface area contributed by atoms with Gasteiger partial charge in [0.1, 0.15) is 0 Å². The summed E-state index contributed by atoms with van der Waals surface area (Å²) in [5, 5.41) is 0.604. The highest BCUT2D eigenvalue weighted by Crippen LogP contribution is 2.25. The van der Waals surface area contributed by atoms with Gasteiger partial charge < -0.3 is 19.4 Å². The number of halogens is 1. The standard InChI is InChI=1S/C25H30ClN3O3/c1-27(17-20-5-2-3-7-23(20)28-13-15-32-16-14-28)24(30)21-6-4-12-29(18-21)25(31)19-8-10-22(26)11-9-19/h2-3,5,7-11,21H,4,6,12-18H2,1H3/t21-/m0/s1. The van der Waals surface area contributed by atoms with Gasteiger partial charge in [0.2, 0.25) is 5.91 Å². The van der Waals surface area contributed by atoms with Gasteiger partial charge in [0, 0.05) is 56.0 Å². The molecule has 32 heavy (non-hydrogen) atoms. The van der Waals surface area contributed by atoms with Crippen LogP contribution in [0.4, 0.5) is 5.69 Å². The number of piperidine rings is 1. The van der Waals surface area contributed by atoms with Crippen molar-refractivity contribution < 1.29 is 14.3 Å². The number of anilines is 1. The second kappa shape index (κ2) is 10.4. The molecular formula is C25H30ClN3O3. The van der Waals surface area contributed by atoms with Crippen molar-refractivity contribution in [1.82, 2.24) is 9.80 Å². The van der Waals surface area contributed by atoms with E-state index in [0.717, 1.165) is 44.7 Å². The van der Waals surface area contributed by atoms with Crippen LogP contribution in [0.15, 0.2) is 48.5 Å². The molecule has 2 saturated heterocycles. The monoisotopic (exact) mass is 455 g/mol. The zero-order valence-corrected chi connectivity index (χ0v) is 19.3. The Kier molecular flexibility index (Phi) is 7.33. The summed E-state index contributed by atoms with van der Waals surface area (Å²) in [5.41, 5.74) is 2.91. The summed E-state index contributed by atoms with van der Waals surface area (Å²) in [6, 6.07) is 15.2. The van der Waals surface area contributed by atoms with Gasteiger partial charge in [-0.05, 0) is 48.7 Å². The molecule has 0 N–H and O–H groups in total. The topological polar surface area (TPSA) is 53.1 Å². The Hall–Kier alpha value is -2.57. The lowest BCUT2D eigenvalue weighted by Gasteiger charge is -2.35. The molecule has 2 aliphatic heterocycles. The second-order valence-electron chi connectivity index (χ2n) is 8.52. The van der Waals surface area contributed by atoms with Crippen molar-refractivity contribution in [2.45, 2.75) is 19.4 Å². The van der Waals surface area contributed by atoms with Crippen LogP contribution in [0.2, 0.25) is 5.02 Å². The second-order valence-corrected chi connectivity index (χ2v) is 8.96. The van der Waals surface area contributed by atoms with Crippen LogP contribution in [-0.2, 0) is 16.1 Å². The first-order valence-corrected chi connectivity index (χ1v) is 11.6. The van der Waals surface area contributed by atoms with Crippen molar-refractivity contribution in [3.63, 3.8) is 0 Å². The molecule has 2 aliphatic rings. The van der Waals surface area contributed by atoms with Crippen LogP contribution in [0.3, 0.4) is 0 Å². The van der Waals surface area contributed by atoms with Crippen molar-refractivity contribution >= 4 is 29.1 Å². The molecule has 0 unspecified atom stereocenters. The Morgan fingerprint density at radius 1 is 1.06 bits per heavy atom. The minimum Gasteiger partial charge on any atom is -0.378 e.